The van der Waals surface area contributed by atoms with Crippen LogP contribution in [0.4, 0.5) is 0 Å². The summed E-state index contributed by atoms with van der Waals surface area (Å²) >= 11 is 0. The van der Waals surface area contributed by atoms with Crippen LogP contribution >= 0.6 is 0 Å². The first-order valence-corrected chi connectivity index (χ1v) is 7.14. The van der Waals surface area contributed by atoms with Crippen LogP contribution < -0.4 is 0 Å². The van der Waals surface area contributed by atoms with Crippen molar-refractivity contribution >= 4 is 6.29 Å². The smallest absolute Gasteiger partial charge is 0.150 e. The predicted molar refractivity (Wildman–Crippen MR) is 69.6 cm³/mol. The average molecular weight is 236 g/mol. The van der Waals surface area contributed by atoms with E-state index in [-0.39, 0.29) is 0 Å². The third-order valence-corrected chi connectivity index (χ3v) is 6.07. The number of aldehydes is 1. The topological polar surface area (TPSA) is 17.1 Å². The number of hydrogen-bond acceptors (Lipinski definition) is 1. The predicted octanol–water partition coefficient (Wildman–Crippen LogP) is 3.52. The van der Waals surface area contributed by atoms with E-state index >= 15 is 0 Å². The fourth-order valence-electron chi connectivity index (χ4n) is 5.61. The molecule has 18 heavy (non-hydrogen) atoms. The van der Waals surface area contributed by atoms with E-state index in [4.69, 9.17) is 0 Å². The number of fused-ring (bicyclic) bond motifs is 12. The van der Waals surface area contributed by atoms with Gasteiger partial charge in [0.15, 0.2) is 0 Å². The molecule has 0 aromatic heterocycles. The van der Waals surface area contributed by atoms with Gasteiger partial charge in [0, 0.05) is 5.56 Å². The van der Waals surface area contributed by atoms with E-state index in [1.807, 2.05) is 6.07 Å². The molecular formula is C17H16O. The van der Waals surface area contributed by atoms with Crippen LogP contribution in [0.2, 0.25) is 0 Å². The number of benzene rings is 1. The lowest BCUT2D eigenvalue weighted by Gasteiger charge is -2.33. The zero-order valence-electron chi connectivity index (χ0n) is 10.3. The fourth-order valence-corrected chi connectivity index (χ4v) is 5.61. The quantitative estimate of drug-likeness (QED) is 0.414. The lowest BCUT2D eigenvalue weighted by atomic mass is 9.71. The Balaban J connectivity index is 1.68. The maximum Gasteiger partial charge on any atom is 0.150 e. The first kappa shape index (κ1) is 9.55. The molecule has 2 saturated carbocycles. The van der Waals surface area contributed by atoms with Gasteiger partial charge in [-0.3, -0.25) is 4.79 Å². The number of allylic oxidation sites excluding steroid dienone is 2. The largest absolute Gasteiger partial charge is 0.298 e. The van der Waals surface area contributed by atoms with Gasteiger partial charge in [-0.1, -0.05) is 24.3 Å². The maximum absolute atomic E-state index is 11.0. The van der Waals surface area contributed by atoms with Crippen molar-refractivity contribution in [3.05, 3.63) is 47.0 Å². The lowest BCUT2D eigenvalue weighted by molar-refractivity contribution is 0.112. The molecule has 0 N–H and O–H groups in total. The zero-order valence-corrected chi connectivity index (χ0v) is 10.3. The van der Waals surface area contributed by atoms with E-state index in [1.165, 1.54) is 18.4 Å². The van der Waals surface area contributed by atoms with E-state index in [0.29, 0.717) is 0 Å². The molecule has 90 valence electrons. The third-order valence-electron chi connectivity index (χ3n) is 6.07. The Labute approximate surface area is 107 Å². The second-order valence-electron chi connectivity index (χ2n) is 6.56. The summed E-state index contributed by atoms with van der Waals surface area (Å²) in [5, 5.41) is 0. The van der Waals surface area contributed by atoms with Gasteiger partial charge in [-0.2, -0.15) is 0 Å². The van der Waals surface area contributed by atoms with Gasteiger partial charge < -0.3 is 0 Å². The molecule has 6 atom stereocenters. The minimum Gasteiger partial charge on any atom is -0.298 e. The number of carbonyl (C=O) groups is 1. The molecule has 1 aromatic carbocycles. The summed E-state index contributed by atoms with van der Waals surface area (Å²) in [5.41, 5.74) is 3.93. The molecule has 0 heterocycles. The highest BCUT2D eigenvalue weighted by Crippen LogP contribution is 2.69. The number of carbonyl (C=O) groups excluding carboxylic acids is 1. The summed E-state index contributed by atoms with van der Waals surface area (Å²) in [5.74, 6) is 5.03. The summed E-state index contributed by atoms with van der Waals surface area (Å²) in [6, 6.07) is 6.40. The summed E-state index contributed by atoms with van der Waals surface area (Å²) in [7, 11) is 0. The van der Waals surface area contributed by atoms with E-state index < -0.39 is 0 Å². The molecule has 4 aliphatic rings. The first-order chi connectivity index (χ1) is 8.86. The van der Waals surface area contributed by atoms with Gasteiger partial charge in [0.05, 0.1) is 0 Å². The molecule has 2 fully saturated rings. The van der Waals surface area contributed by atoms with Gasteiger partial charge in [0.2, 0.25) is 0 Å². The number of hydrogen-bond donors (Lipinski definition) is 0. The maximum atomic E-state index is 11.0. The Hall–Kier alpha value is -1.37. The van der Waals surface area contributed by atoms with Crippen molar-refractivity contribution < 1.29 is 4.79 Å². The van der Waals surface area contributed by atoms with Gasteiger partial charge >= 0.3 is 0 Å². The Kier molecular flexibility index (Phi) is 1.57. The van der Waals surface area contributed by atoms with Gasteiger partial charge in [-0.05, 0) is 65.5 Å². The molecule has 4 aliphatic carbocycles. The molecule has 1 nitrogen and oxygen atoms in total. The molecule has 0 amide bonds. The van der Waals surface area contributed by atoms with Crippen molar-refractivity contribution in [1.29, 1.82) is 0 Å². The van der Waals surface area contributed by atoms with E-state index in [0.717, 1.165) is 47.4 Å². The third kappa shape index (κ3) is 0.911. The van der Waals surface area contributed by atoms with Gasteiger partial charge in [-0.15, -0.1) is 0 Å². The number of rotatable bonds is 1. The van der Waals surface area contributed by atoms with Gasteiger partial charge in [0.1, 0.15) is 6.29 Å². The normalized spacial score (nSPS) is 45.3. The first-order valence-electron chi connectivity index (χ1n) is 7.14. The zero-order chi connectivity index (χ0) is 11.9. The van der Waals surface area contributed by atoms with Crippen molar-refractivity contribution in [2.24, 2.45) is 23.7 Å². The van der Waals surface area contributed by atoms with Crippen LogP contribution in [0.25, 0.3) is 0 Å². The second kappa shape index (κ2) is 2.96. The fraction of sp³-hybridized carbons (Fsp3) is 0.471. The summed E-state index contributed by atoms with van der Waals surface area (Å²) in [6.07, 6.45) is 8.69. The highest BCUT2D eigenvalue weighted by Gasteiger charge is 2.59. The van der Waals surface area contributed by atoms with E-state index in [9.17, 15) is 4.79 Å². The van der Waals surface area contributed by atoms with Gasteiger partial charge in [0.25, 0.3) is 0 Å². The van der Waals surface area contributed by atoms with Crippen molar-refractivity contribution in [3.8, 4) is 0 Å². The minimum absolute atomic E-state index is 0.745. The van der Waals surface area contributed by atoms with Gasteiger partial charge in [-0.25, -0.2) is 0 Å². The van der Waals surface area contributed by atoms with Crippen molar-refractivity contribution in [2.75, 3.05) is 0 Å². The van der Waals surface area contributed by atoms with Crippen LogP contribution in [0.5, 0.6) is 0 Å². The summed E-state index contributed by atoms with van der Waals surface area (Å²) < 4.78 is 0. The highest BCUT2D eigenvalue weighted by molar-refractivity contribution is 5.76. The molecule has 0 aliphatic heterocycles. The van der Waals surface area contributed by atoms with Crippen LogP contribution in [-0.4, -0.2) is 6.29 Å². The molecule has 0 radical (unpaired) electrons. The monoisotopic (exact) mass is 236 g/mol. The van der Waals surface area contributed by atoms with E-state index in [1.54, 1.807) is 5.56 Å². The highest BCUT2D eigenvalue weighted by atomic mass is 16.1. The molecule has 0 spiro atoms. The van der Waals surface area contributed by atoms with Crippen molar-refractivity contribution in [3.63, 3.8) is 0 Å². The van der Waals surface area contributed by atoms with Crippen LogP contribution in [0.3, 0.4) is 0 Å². The molecular weight excluding hydrogens is 220 g/mol. The Morgan fingerprint density at radius 2 is 1.67 bits per heavy atom. The Bertz CT molecular complexity index is 585. The molecule has 5 rings (SSSR count). The Morgan fingerprint density at radius 1 is 0.944 bits per heavy atom. The SMILES string of the molecule is O=Cc1ccc2c(c1)C1CC2C2C3C=CC(C3)C12. The average Bonchev–Trinajstić information content (AvgIpc) is 3.15. The van der Waals surface area contributed by atoms with Crippen LogP contribution in [0, 0.1) is 23.7 Å². The van der Waals surface area contributed by atoms with E-state index in [2.05, 4.69) is 24.3 Å². The standard InChI is InChI=1S/C17H16O/c18-8-9-1-4-12-13(5-9)15-7-14(12)16-10-2-3-11(6-10)17(15)16/h1-5,8,10-11,14-17H,6-7H2. The summed E-state index contributed by atoms with van der Waals surface area (Å²) in [6.45, 7) is 0. The summed E-state index contributed by atoms with van der Waals surface area (Å²) in [4.78, 5) is 11.0. The molecule has 4 bridgehead atoms. The molecule has 1 aromatic rings. The molecule has 0 saturated heterocycles. The van der Waals surface area contributed by atoms with Crippen molar-refractivity contribution in [2.45, 2.75) is 24.7 Å². The second-order valence-corrected chi connectivity index (χ2v) is 6.56. The molecule has 6 unspecified atom stereocenters. The van der Waals surface area contributed by atoms with Crippen LogP contribution in [0.1, 0.15) is 46.2 Å². The Morgan fingerprint density at radius 3 is 2.39 bits per heavy atom. The van der Waals surface area contributed by atoms with Crippen LogP contribution in [-0.2, 0) is 0 Å². The van der Waals surface area contributed by atoms with Crippen molar-refractivity contribution in [1.82, 2.24) is 0 Å². The minimum atomic E-state index is 0.745. The van der Waals surface area contributed by atoms with Crippen LogP contribution in [0.15, 0.2) is 30.4 Å². The molecule has 1 heteroatoms. The lowest BCUT2D eigenvalue weighted by Crippen LogP contribution is -2.25.